The fraction of sp³-hybridized carbons (Fsp3) is 0.192. The fourth-order valence-electron chi connectivity index (χ4n) is 3.31. The lowest BCUT2D eigenvalue weighted by Gasteiger charge is -2.10. The second-order valence-electron chi connectivity index (χ2n) is 7.97. The first-order valence-electron chi connectivity index (χ1n) is 10.5. The van der Waals surface area contributed by atoms with Crippen molar-refractivity contribution in [2.24, 2.45) is 0 Å². The third-order valence-electron chi connectivity index (χ3n) is 5.17. The van der Waals surface area contributed by atoms with Gasteiger partial charge in [-0.05, 0) is 45.4 Å². The Morgan fingerprint density at radius 1 is 0.906 bits per heavy atom. The summed E-state index contributed by atoms with van der Waals surface area (Å²) < 4.78 is 0. The molecule has 0 spiro atoms. The van der Waals surface area contributed by atoms with Crippen LogP contribution in [0.15, 0.2) is 72.0 Å². The fourth-order valence-corrected chi connectivity index (χ4v) is 4.12. The largest absolute Gasteiger partial charge is 0.332 e. The van der Waals surface area contributed by atoms with Gasteiger partial charge in [0.2, 0.25) is 5.91 Å². The van der Waals surface area contributed by atoms with Gasteiger partial charge in [-0.2, -0.15) is 0 Å². The zero-order valence-corrected chi connectivity index (χ0v) is 19.5. The van der Waals surface area contributed by atoms with Crippen molar-refractivity contribution >= 4 is 23.5 Å². The molecule has 5 nitrogen and oxygen atoms in total. The number of amides is 1. The SMILES string of the molecule is Cc1ccc(-c2nc(SC(C)C(=O)Nc3cc(C)ccn3)[nH]c2-c2ccc(C)cc2)cc1. The summed E-state index contributed by atoms with van der Waals surface area (Å²) in [6.07, 6.45) is 1.69. The van der Waals surface area contributed by atoms with Crippen LogP contribution >= 0.6 is 11.8 Å². The zero-order chi connectivity index (χ0) is 22.7. The number of aryl methyl sites for hydroxylation is 3. The lowest BCUT2D eigenvalue weighted by molar-refractivity contribution is -0.115. The highest BCUT2D eigenvalue weighted by molar-refractivity contribution is 8.00. The monoisotopic (exact) mass is 442 g/mol. The summed E-state index contributed by atoms with van der Waals surface area (Å²) in [6.45, 7) is 7.98. The van der Waals surface area contributed by atoms with Crippen molar-refractivity contribution < 1.29 is 4.79 Å². The van der Waals surface area contributed by atoms with Gasteiger partial charge in [-0.15, -0.1) is 0 Å². The third kappa shape index (κ3) is 5.08. The number of H-pyrrole nitrogens is 1. The molecule has 162 valence electrons. The van der Waals surface area contributed by atoms with E-state index in [1.165, 1.54) is 22.9 Å². The lowest BCUT2D eigenvalue weighted by Crippen LogP contribution is -2.23. The topological polar surface area (TPSA) is 70.7 Å². The Morgan fingerprint density at radius 3 is 2.16 bits per heavy atom. The molecule has 0 aliphatic rings. The number of imidazole rings is 1. The molecule has 1 atom stereocenters. The van der Waals surface area contributed by atoms with Crippen molar-refractivity contribution in [2.45, 2.75) is 38.1 Å². The first-order valence-corrected chi connectivity index (χ1v) is 11.4. The average Bonchev–Trinajstić information content (AvgIpc) is 3.18. The number of rotatable bonds is 6. The highest BCUT2D eigenvalue weighted by atomic mass is 32.2. The van der Waals surface area contributed by atoms with E-state index in [4.69, 9.17) is 4.98 Å². The van der Waals surface area contributed by atoms with Crippen molar-refractivity contribution in [3.8, 4) is 22.5 Å². The van der Waals surface area contributed by atoms with Crippen molar-refractivity contribution in [2.75, 3.05) is 5.32 Å². The van der Waals surface area contributed by atoms with E-state index < -0.39 is 0 Å². The van der Waals surface area contributed by atoms with Crippen LogP contribution in [-0.4, -0.2) is 26.1 Å². The Labute approximate surface area is 192 Å². The van der Waals surface area contributed by atoms with E-state index in [2.05, 4.69) is 77.7 Å². The van der Waals surface area contributed by atoms with E-state index in [1.807, 2.05) is 26.0 Å². The first-order chi connectivity index (χ1) is 15.4. The predicted molar refractivity (Wildman–Crippen MR) is 132 cm³/mol. The molecule has 0 saturated carbocycles. The Hall–Kier alpha value is -3.38. The number of nitrogens with zero attached hydrogens (tertiary/aromatic N) is 2. The molecule has 0 bridgehead atoms. The van der Waals surface area contributed by atoms with Gasteiger partial charge in [0.1, 0.15) is 5.82 Å². The summed E-state index contributed by atoms with van der Waals surface area (Å²) in [5.41, 5.74) is 7.38. The van der Waals surface area contributed by atoms with E-state index in [1.54, 1.807) is 6.20 Å². The van der Waals surface area contributed by atoms with Crippen LogP contribution in [0.1, 0.15) is 23.6 Å². The van der Waals surface area contributed by atoms with Crippen molar-refractivity contribution in [1.29, 1.82) is 0 Å². The quantitative estimate of drug-likeness (QED) is 0.350. The number of pyridine rings is 1. The van der Waals surface area contributed by atoms with Crippen LogP contribution in [0.5, 0.6) is 0 Å². The molecule has 0 fully saturated rings. The molecule has 2 heterocycles. The molecule has 4 aromatic rings. The van der Waals surface area contributed by atoms with Gasteiger partial charge in [0, 0.05) is 17.3 Å². The molecule has 2 N–H and O–H groups in total. The van der Waals surface area contributed by atoms with Gasteiger partial charge in [0.15, 0.2) is 5.16 Å². The Balaban J connectivity index is 1.61. The van der Waals surface area contributed by atoms with Gasteiger partial charge in [-0.25, -0.2) is 9.97 Å². The molecular weight excluding hydrogens is 416 g/mol. The molecule has 1 amide bonds. The summed E-state index contributed by atoms with van der Waals surface area (Å²) in [5.74, 6) is 0.445. The number of anilines is 1. The van der Waals surface area contributed by atoms with Gasteiger partial charge >= 0.3 is 0 Å². The third-order valence-corrected chi connectivity index (χ3v) is 6.16. The molecule has 6 heteroatoms. The minimum absolute atomic E-state index is 0.113. The van der Waals surface area contributed by atoms with E-state index in [0.717, 1.165) is 28.1 Å². The maximum Gasteiger partial charge on any atom is 0.238 e. The lowest BCUT2D eigenvalue weighted by atomic mass is 10.0. The Bertz CT molecular complexity index is 1170. The van der Waals surface area contributed by atoms with E-state index in [-0.39, 0.29) is 11.2 Å². The highest BCUT2D eigenvalue weighted by Crippen LogP contribution is 2.34. The summed E-state index contributed by atoms with van der Waals surface area (Å²) >= 11 is 1.40. The summed E-state index contributed by atoms with van der Waals surface area (Å²) in [7, 11) is 0. The Morgan fingerprint density at radius 2 is 1.53 bits per heavy atom. The van der Waals surface area contributed by atoms with Crippen LogP contribution in [0.2, 0.25) is 0 Å². The average molecular weight is 443 g/mol. The number of carbonyl (C=O) groups excluding carboxylic acids is 1. The van der Waals surface area contributed by atoms with Gasteiger partial charge < -0.3 is 10.3 Å². The van der Waals surface area contributed by atoms with E-state index >= 15 is 0 Å². The molecule has 0 saturated heterocycles. The predicted octanol–water partition coefficient (Wildman–Crippen LogP) is 6.18. The van der Waals surface area contributed by atoms with Crippen molar-refractivity contribution in [1.82, 2.24) is 15.0 Å². The number of benzene rings is 2. The second kappa shape index (κ2) is 9.40. The molecule has 4 rings (SSSR count). The number of hydrogen-bond acceptors (Lipinski definition) is 4. The standard InChI is InChI=1S/C26H26N4OS/c1-16-5-9-20(10-6-16)23-24(21-11-7-17(2)8-12-21)30-26(29-23)32-19(4)25(31)28-22-15-18(3)13-14-27-22/h5-15,19H,1-4H3,(H,29,30)(H,27,28,31). The highest BCUT2D eigenvalue weighted by Gasteiger charge is 2.20. The number of carbonyl (C=O) groups is 1. The van der Waals surface area contributed by atoms with E-state index in [9.17, 15) is 4.79 Å². The molecule has 32 heavy (non-hydrogen) atoms. The zero-order valence-electron chi connectivity index (χ0n) is 18.6. The number of aromatic amines is 1. The van der Waals surface area contributed by atoms with Gasteiger partial charge in [0.25, 0.3) is 0 Å². The summed E-state index contributed by atoms with van der Waals surface area (Å²) in [5, 5.41) is 3.25. The Kier molecular flexibility index (Phi) is 6.42. The second-order valence-corrected chi connectivity index (χ2v) is 9.29. The van der Waals surface area contributed by atoms with Crippen LogP contribution < -0.4 is 5.32 Å². The first kappa shape index (κ1) is 21.8. The maximum absolute atomic E-state index is 12.7. The van der Waals surface area contributed by atoms with Crippen LogP contribution in [0.4, 0.5) is 5.82 Å². The van der Waals surface area contributed by atoms with Crippen LogP contribution in [-0.2, 0) is 4.79 Å². The summed E-state index contributed by atoms with van der Waals surface area (Å²) in [6, 6.07) is 20.4. The molecular formula is C26H26N4OS. The smallest absolute Gasteiger partial charge is 0.238 e. The van der Waals surface area contributed by atoms with Crippen molar-refractivity contribution in [3.05, 3.63) is 83.6 Å². The number of hydrogen-bond donors (Lipinski definition) is 2. The van der Waals surface area contributed by atoms with Crippen molar-refractivity contribution in [3.63, 3.8) is 0 Å². The molecule has 0 aliphatic heterocycles. The van der Waals surface area contributed by atoms with Gasteiger partial charge in [0.05, 0.1) is 16.6 Å². The molecule has 2 aromatic heterocycles. The normalized spacial score (nSPS) is 11.9. The van der Waals surface area contributed by atoms with E-state index in [0.29, 0.717) is 11.0 Å². The van der Waals surface area contributed by atoms with Crippen LogP contribution in [0.25, 0.3) is 22.5 Å². The van der Waals surface area contributed by atoms with Gasteiger partial charge in [-0.1, -0.05) is 71.4 Å². The molecule has 2 aromatic carbocycles. The minimum atomic E-state index is -0.347. The molecule has 1 unspecified atom stereocenters. The molecule has 0 radical (unpaired) electrons. The number of thioether (sulfide) groups is 1. The minimum Gasteiger partial charge on any atom is -0.332 e. The van der Waals surface area contributed by atoms with Crippen LogP contribution in [0.3, 0.4) is 0 Å². The van der Waals surface area contributed by atoms with Crippen LogP contribution in [0, 0.1) is 20.8 Å². The molecule has 0 aliphatic carbocycles. The number of nitrogens with one attached hydrogen (secondary N) is 2. The summed E-state index contributed by atoms with van der Waals surface area (Å²) in [4.78, 5) is 25.2. The maximum atomic E-state index is 12.7. The number of aromatic nitrogens is 3. The van der Waals surface area contributed by atoms with Gasteiger partial charge in [-0.3, -0.25) is 4.79 Å².